The van der Waals surface area contributed by atoms with E-state index in [4.69, 9.17) is 30.9 Å². The molecule has 0 radical (unpaired) electrons. The number of primary amides is 1. The number of carbonyl (C=O) groups excluding carboxylic acids is 9. The number of terminal acetylenes is 1. The fraction of sp³-hybridized carbons (Fsp3) is 0.565. The molecule has 12 unspecified atom stereocenters. The van der Waals surface area contributed by atoms with Crippen molar-refractivity contribution >= 4 is 78.3 Å². The first-order valence-corrected chi connectivity index (χ1v) is 34.5. The highest BCUT2D eigenvalue weighted by Gasteiger charge is 2.44. The van der Waals surface area contributed by atoms with Gasteiger partial charge in [0, 0.05) is 70.4 Å². The number of aliphatic carboxylic acids is 1. The van der Waals surface area contributed by atoms with Crippen molar-refractivity contribution in [2.45, 2.75) is 175 Å². The molecule has 534 valence electrons. The van der Waals surface area contributed by atoms with Crippen LogP contribution < -0.4 is 42.7 Å². The Labute approximate surface area is 570 Å². The zero-order valence-corrected chi connectivity index (χ0v) is 59.3. The normalized spacial score (nSPS) is 16.6. The lowest BCUT2D eigenvalue weighted by Crippen LogP contribution is -2.60. The van der Waals surface area contributed by atoms with Crippen LogP contribution in [0.15, 0.2) is 78.9 Å². The standard InChI is InChI=1S/C69H102N11O16P/c1-16-44(10)59(54(93-14)39-55(81)80-37-23-27-53(80)60(94-15)45(11)61(82)74-52(67(88)89)38-46-24-20-19-21-25-46)78(12)66(87)57(42(6)7)76-65(86)58(43(8)9)79(13)69(91)95-40-47-28-32-49(33-29-47)72-63(84)51(26-22-36-71-68(70)90)73-64(85)56(41(4)5)75-62(83)48-30-34-50(35-31-48)77-97(92,18-3)96-17-2/h3,19-21,24-25,28-35,41-45,51-54,56-60H,16-17,22-23,26-27,36-40H2,1-2,4-15H3,(H,72,84)(H,73,85)(H,74,82)(H,75,83)(H,76,86)(H,77,92)(H,88,89)(H3,70,71,90). The fourth-order valence-electron chi connectivity index (χ4n) is 11.8. The summed E-state index contributed by atoms with van der Waals surface area (Å²) in [5.74, 6) is -7.37. The summed E-state index contributed by atoms with van der Waals surface area (Å²) in [5, 5.41) is 29.0. The summed E-state index contributed by atoms with van der Waals surface area (Å²) in [6.07, 6.45) is 4.91. The molecule has 1 aliphatic heterocycles. The second kappa shape index (κ2) is 39.0. The molecule has 28 heteroatoms. The molecule has 10 N–H and O–H groups in total. The van der Waals surface area contributed by atoms with Crippen LogP contribution >= 0.6 is 7.52 Å². The van der Waals surface area contributed by atoms with E-state index in [-0.39, 0.29) is 62.8 Å². The van der Waals surface area contributed by atoms with Gasteiger partial charge in [-0.1, -0.05) is 111 Å². The van der Waals surface area contributed by atoms with E-state index in [1.807, 2.05) is 19.9 Å². The Kier molecular flexibility index (Phi) is 32.5. The van der Waals surface area contributed by atoms with Crippen LogP contribution in [0.1, 0.15) is 129 Å². The first-order valence-electron chi connectivity index (χ1n) is 32.9. The van der Waals surface area contributed by atoms with E-state index in [2.05, 4.69) is 42.6 Å². The van der Waals surface area contributed by atoms with Gasteiger partial charge in [-0.15, -0.1) is 6.42 Å². The number of rotatable bonds is 38. The lowest BCUT2D eigenvalue weighted by Gasteiger charge is -2.41. The zero-order chi connectivity index (χ0) is 72.4. The number of likely N-dealkylation sites (N-methyl/N-ethyl adjacent to an activating group) is 2. The number of ether oxygens (including phenoxy) is 3. The van der Waals surface area contributed by atoms with Crippen molar-refractivity contribution in [3.63, 3.8) is 0 Å². The largest absolute Gasteiger partial charge is 0.480 e. The Morgan fingerprint density at radius 1 is 0.732 bits per heavy atom. The summed E-state index contributed by atoms with van der Waals surface area (Å²) in [6, 6.07) is 13.5. The molecular formula is C69H102N11O16P. The lowest BCUT2D eigenvalue weighted by molar-refractivity contribution is -0.148. The number of urea groups is 1. The molecule has 0 bridgehead atoms. The summed E-state index contributed by atoms with van der Waals surface area (Å²) in [6.45, 7) is 18.0. The van der Waals surface area contributed by atoms with Crippen LogP contribution in [0.25, 0.3) is 0 Å². The Morgan fingerprint density at radius 2 is 1.35 bits per heavy atom. The minimum absolute atomic E-state index is 0.0509. The van der Waals surface area contributed by atoms with Gasteiger partial charge in [-0.25, -0.2) is 14.4 Å². The van der Waals surface area contributed by atoms with Crippen molar-refractivity contribution in [1.82, 2.24) is 41.3 Å². The van der Waals surface area contributed by atoms with Crippen molar-refractivity contribution in [1.29, 1.82) is 0 Å². The molecule has 1 saturated heterocycles. The highest BCUT2D eigenvalue weighted by molar-refractivity contribution is 7.65. The number of carbonyl (C=O) groups is 10. The van der Waals surface area contributed by atoms with Gasteiger partial charge in [0.05, 0.1) is 43.2 Å². The van der Waals surface area contributed by atoms with Gasteiger partial charge in [0.15, 0.2) is 0 Å². The summed E-state index contributed by atoms with van der Waals surface area (Å²) in [7, 11) is 2.34. The molecule has 1 heterocycles. The Bertz CT molecular complexity index is 3220. The van der Waals surface area contributed by atoms with E-state index in [1.165, 1.54) is 50.4 Å². The second-order valence-corrected chi connectivity index (χ2v) is 27.3. The molecule has 0 spiro atoms. The van der Waals surface area contributed by atoms with Crippen molar-refractivity contribution < 1.29 is 76.4 Å². The molecule has 3 aromatic rings. The van der Waals surface area contributed by atoms with Gasteiger partial charge in [0.1, 0.15) is 36.8 Å². The maximum absolute atomic E-state index is 14.8. The summed E-state index contributed by atoms with van der Waals surface area (Å²) < 4.78 is 35.6. The molecule has 4 rings (SSSR count). The predicted molar refractivity (Wildman–Crippen MR) is 367 cm³/mol. The second-order valence-electron chi connectivity index (χ2n) is 25.4. The minimum atomic E-state index is -3.61. The number of amides is 10. The molecule has 0 saturated carbocycles. The number of methoxy groups -OCH3 is 2. The monoisotopic (exact) mass is 1370 g/mol. The number of hydrogen-bond donors (Lipinski definition) is 9. The topological polar surface area (TPSA) is 365 Å². The summed E-state index contributed by atoms with van der Waals surface area (Å²) in [4.78, 5) is 141. The average molecular weight is 1370 g/mol. The number of nitrogens with one attached hydrogen (secondary N) is 7. The van der Waals surface area contributed by atoms with Gasteiger partial charge in [-0.2, -0.15) is 0 Å². The van der Waals surface area contributed by atoms with Gasteiger partial charge >= 0.3 is 25.6 Å². The van der Waals surface area contributed by atoms with E-state index < -0.39 is 139 Å². The average Bonchev–Trinajstić information content (AvgIpc) is 1.80. The van der Waals surface area contributed by atoms with Crippen molar-refractivity contribution in [2.75, 3.05) is 58.4 Å². The Balaban J connectivity index is 1.41. The third-order valence-corrected chi connectivity index (χ3v) is 18.8. The number of likely N-dealkylation sites (tertiary alicyclic amines) is 1. The molecule has 3 aromatic carbocycles. The summed E-state index contributed by atoms with van der Waals surface area (Å²) >= 11 is 0. The van der Waals surface area contributed by atoms with E-state index in [0.717, 1.165) is 10.5 Å². The minimum Gasteiger partial charge on any atom is -0.480 e. The van der Waals surface area contributed by atoms with Crippen LogP contribution in [0.3, 0.4) is 0 Å². The number of benzene rings is 3. The van der Waals surface area contributed by atoms with Gasteiger partial charge in [0.2, 0.25) is 35.4 Å². The van der Waals surface area contributed by atoms with Crippen LogP contribution in [-0.4, -0.2) is 182 Å². The third kappa shape index (κ3) is 23.9. The smallest absolute Gasteiger partial charge is 0.410 e. The van der Waals surface area contributed by atoms with Gasteiger partial charge in [-0.3, -0.25) is 43.0 Å². The van der Waals surface area contributed by atoms with Crippen LogP contribution in [-0.2, 0) is 69.9 Å². The van der Waals surface area contributed by atoms with E-state index in [1.54, 1.807) is 116 Å². The maximum Gasteiger partial charge on any atom is 0.410 e. The number of nitrogens with two attached hydrogens (primary N) is 1. The molecular weight excluding hydrogens is 1270 g/mol. The lowest BCUT2D eigenvalue weighted by atomic mass is 9.89. The SMILES string of the molecule is C#CP(=O)(Nc1ccc(C(=O)NC(C(=O)NC(CCCNC(N)=O)C(=O)Nc2ccc(COC(=O)N(C)C(C(=O)NC(C(=O)N(C)C(C(C)CC)C(CC(=O)N3CCCC3C(OC)C(C)C(=O)NC(Cc3ccccc3)C(=O)O)OC)C(C)C)C(C)C)cc2)C(C)C)cc1)OCC. The molecule has 12 atom stereocenters. The fourth-order valence-corrected chi connectivity index (χ4v) is 12.8. The summed E-state index contributed by atoms with van der Waals surface area (Å²) in [5.41, 5.74) is 9.44. The van der Waals surface area contributed by atoms with E-state index in [9.17, 15) is 57.6 Å². The van der Waals surface area contributed by atoms with Gasteiger partial charge < -0.3 is 76.4 Å². The highest BCUT2D eigenvalue weighted by atomic mass is 31.2. The number of carboxylic acid groups (broad SMARTS) is 1. The molecule has 1 aliphatic rings. The van der Waals surface area contributed by atoms with Crippen LogP contribution in [0.5, 0.6) is 0 Å². The molecule has 0 aliphatic carbocycles. The predicted octanol–water partition coefficient (Wildman–Crippen LogP) is 6.71. The van der Waals surface area contributed by atoms with Crippen molar-refractivity contribution in [3.8, 4) is 12.1 Å². The van der Waals surface area contributed by atoms with Crippen molar-refractivity contribution in [2.24, 2.45) is 35.3 Å². The molecule has 0 aromatic heterocycles. The molecule has 97 heavy (non-hydrogen) atoms. The van der Waals surface area contributed by atoms with Gasteiger partial charge in [0.25, 0.3) is 5.91 Å². The number of nitrogens with zero attached hydrogens (tertiary/aromatic N) is 3. The first-order chi connectivity index (χ1) is 45.8. The number of hydrogen-bond acceptors (Lipinski definition) is 15. The zero-order valence-electron chi connectivity index (χ0n) is 58.4. The molecule has 1 fully saturated rings. The third-order valence-electron chi connectivity index (χ3n) is 17.3. The van der Waals surface area contributed by atoms with Crippen LogP contribution in [0, 0.1) is 41.7 Å². The quantitative estimate of drug-likeness (QED) is 0.0163. The Morgan fingerprint density at radius 3 is 1.90 bits per heavy atom. The Hall–Kier alpha value is -8.57. The van der Waals surface area contributed by atoms with E-state index >= 15 is 0 Å². The maximum atomic E-state index is 14.8. The number of carboxylic acids is 1. The first kappa shape index (κ1) is 80.9. The van der Waals surface area contributed by atoms with Gasteiger partial charge in [-0.05, 0) is 104 Å². The number of anilines is 2. The molecule has 27 nitrogen and oxygen atoms in total. The van der Waals surface area contributed by atoms with Crippen molar-refractivity contribution in [3.05, 3.63) is 95.6 Å². The van der Waals surface area contributed by atoms with Crippen LogP contribution in [0.2, 0.25) is 0 Å². The molecule has 10 amide bonds. The highest BCUT2D eigenvalue weighted by Crippen LogP contribution is 2.45. The van der Waals surface area contributed by atoms with Crippen LogP contribution in [0.4, 0.5) is 21.0 Å². The van der Waals surface area contributed by atoms with E-state index in [0.29, 0.717) is 42.7 Å².